The summed E-state index contributed by atoms with van der Waals surface area (Å²) in [5, 5.41) is 8.76. The van der Waals surface area contributed by atoms with Gasteiger partial charge in [-0.2, -0.15) is 0 Å². The van der Waals surface area contributed by atoms with Crippen LogP contribution in [0.25, 0.3) is 0 Å². The summed E-state index contributed by atoms with van der Waals surface area (Å²) in [5.74, 6) is 0.787. The number of rotatable bonds is 6. The van der Waals surface area contributed by atoms with E-state index in [4.69, 9.17) is 9.84 Å². The Kier molecular flexibility index (Phi) is 4.99. The molecule has 0 aromatic heterocycles. The molecule has 0 radical (unpaired) electrons. The van der Waals surface area contributed by atoms with Crippen LogP contribution in [0, 0.1) is 0 Å². The van der Waals surface area contributed by atoms with Gasteiger partial charge in [0.2, 0.25) is 0 Å². The Bertz CT molecular complexity index is 330. The number of ether oxygens (including phenoxy) is 1. The third kappa shape index (κ3) is 3.66. The van der Waals surface area contributed by atoms with Crippen LogP contribution in [0.3, 0.4) is 0 Å². The lowest BCUT2D eigenvalue weighted by molar-refractivity contribution is -0.124. The number of carbonyl (C=O) groups excluding carboxylic acids is 1. The minimum absolute atomic E-state index is 0.0967. The predicted molar refractivity (Wildman–Crippen MR) is 62.6 cm³/mol. The second-order valence-corrected chi connectivity index (χ2v) is 3.70. The standard InChI is InChI=1S/C13H18O3/c1-3-13(15)10(2)16-12-6-4-11(5-7-12)8-9-14/h4-7,10,14H,3,8-9H2,1-2H3. The Hall–Kier alpha value is -1.35. The van der Waals surface area contributed by atoms with E-state index in [9.17, 15) is 4.79 Å². The van der Waals surface area contributed by atoms with E-state index in [2.05, 4.69) is 0 Å². The van der Waals surface area contributed by atoms with E-state index >= 15 is 0 Å². The van der Waals surface area contributed by atoms with Crippen molar-refractivity contribution in [3.63, 3.8) is 0 Å². The van der Waals surface area contributed by atoms with Crippen LogP contribution in [-0.4, -0.2) is 23.6 Å². The molecular weight excluding hydrogens is 204 g/mol. The minimum Gasteiger partial charge on any atom is -0.483 e. The average molecular weight is 222 g/mol. The van der Waals surface area contributed by atoms with Crippen molar-refractivity contribution in [2.75, 3.05) is 6.61 Å². The molecule has 16 heavy (non-hydrogen) atoms. The van der Waals surface area contributed by atoms with Crippen LogP contribution in [0.15, 0.2) is 24.3 Å². The highest BCUT2D eigenvalue weighted by Crippen LogP contribution is 2.14. The first-order valence-corrected chi connectivity index (χ1v) is 5.56. The molecule has 0 aliphatic carbocycles. The van der Waals surface area contributed by atoms with Gasteiger partial charge in [0, 0.05) is 13.0 Å². The van der Waals surface area contributed by atoms with E-state index in [-0.39, 0.29) is 12.4 Å². The molecule has 0 bridgehead atoms. The Labute approximate surface area is 96.1 Å². The third-order valence-electron chi connectivity index (χ3n) is 2.44. The maximum absolute atomic E-state index is 11.3. The maximum Gasteiger partial charge on any atom is 0.172 e. The van der Waals surface area contributed by atoms with Gasteiger partial charge in [-0.25, -0.2) is 0 Å². The lowest BCUT2D eigenvalue weighted by Gasteiger charge is -2.12. The molecule has 0 saturated heterocycles. The minimum atomic E-state index is -0.395. The predicted octanol–water partition coefficient (Wildman–Crippen LogP) is 1.97. The van der Waals surface area contributed by atoms with Crippen LogP contribution in [0.4, 0.5) is 0 Å². The van der Waals surface area contributed by atoms with Gasteiger partial charge in [-0.15, -0.1) is 0 Å². The lowest BCUT2D eigenvalue weighted by Crippen LogP contribution is -2.22. The zero-order chi connectivity index (χ0) is 12.0. The zero-order valence-electron chi connectivity index (χ0n) is 9.77. The van der Waals surface area contributed by atoms with Crippen LogP contribution >= 0.6 is 0 Å². The van der Waals surface area contributed by atoms with Gasteiger partial charge in [0.1, 0.15) is 5.75 Å². The van der Waals surface area contributed by atoms with Crippen molar-refractivity contribution >= 4 is 5.78 Å². The summed E-state index contributed by atoms with van der Waals surface area (Å²) in [7, 11) is 0. The normalized spacial score (nSPS) is 12.2. The molecule has 3 nitrogen and oxygen atoms in total. The second kappa shape index (κ2) is 6.28. The molecule has 88 valence electrons. The summed E-state index contributed by atoms with van der Waals surface area (Å²) in [5.41, 5.74) is 1.06. The van der Waals surface area contributed by atoms with Gasteiger partial charge in [0.15, 0.2) is 11.9 Å². The maximum atomic E-state index is 11.3. The van der Waals surface area contributed by atoms with Crippen LogP contribution in [0.1, 0.15) is 25.8 Å². The Morgan fingerprint density at radius 3 is 2.50 bits per heavy atom. The molecule has 0 spiro atoms. The van der Waals surface area contributed by atoms with Crippen LogP contribution in [-0.2, 0) is 11.2 Å². The summed E-state index contributed by atoms with van der Waals surface area (Å²) >= 11 is 0. The highest BCUT2D eigenvalue weighted by atomic mass is 16.5. The second-order valence-electron chi connectivity index (χ2n) is 3.70. The van der Waals surface area contributed by atoms with Crippen molar-refractivity contribution < 1.29 is 14.6 Å². The molecule has 3 heteroatoms. The first-order chi connectivity index (χ1) is 7.67. The molecule has 1 atom stereocenters. The fraction of sp³-hybridized carbons (Fsp3) is 0.462. The van der Waals surface area contributed by atoms with Crippen molar-refractivity contribution in [1.29, 1.82) is 0 Å². The van der Waals surface area contributed by atoms with Crippen molar-refractivity contribution in [3.8, 4) is 5.75 Å². The number of aliphatic hydroxyl groups excluding tert-OH is 1. The number of Topliss-reactive ketones (excluding diaryl/α,β-unsaturated/α-hetero) is 1. The average Bonchev–Trinajstić information content (AvgIpc) is 2.31. The zero-order valence-corrected chi connectivity index (χ0v) is 9.77. The first kappa shape index (κ1) is 12.7. The van der Waals surface area contributed by atoms with Crippen LogP contribution in [0.2, 0.25) is 0 Å². The number of benzene rings is 1. The largest absolute Gasteiger partial charge is 0.483 e. The van der Waals surface area contributed by atoms with Gasteiger partial charge >= 0.3 is 0 Å². The molecule has 1 aromatic rings. The van der Waals surface area contributed by atoms with E-state index in [0.717, 1.165) is 5.56 Å². The van der Waals surface area contributed by atoms with Crippen molar-refractivity contribution in [3.05, 3.63) is 29.8 Å². The molecule has 1 N–H and O–H groups in total. The Balaban J connectivity index is 2.58. The van der Waals surface area contributed by atoms with Gasteiger partial charge in [0.25, 0.3) is 0 Å². The molecule has 0 aliphatic heterocycles. The SMILES string of the molecule is CCC(=O)C(C)Oc1ccc(CCO)cc1. The first-order valence-electron chi connectivity index (χ1n) is 5.56. The van der Waals surface area contributed by atoms with Crippen LogP contribution < -0.4 is 4.74 Å². The van der Waals surface area contributed by atoms with Gasteiger partial charge in [-0.1, -0.05) is 19.1 Å². The number of aliphatic hydroxyl groups is 1. The van der Waals surface area contributed by atoms with Crippen molar-refractivity contribution in [2.45, 2.75) is 32.8 Å². The number of hydrogen-bond acceptors (Lipinski definition) is 3. The van der Waals surface area contributed by atoms with Gasteiger partial charge in [-0.05, 0) is 31.0 Å². The topological polar surface area (TPSA) is 46.5 Å². The summed E-state index contributed by atoms with van der Waals surface area (Å²) in [6, 6.07) is 7.44. The number of hydrogen-bond donors (Lipinski definition) is 1. The van der Waals surface area contributed by atoms with E-state index < -0.39 is 6.10 Å². The molecule has 1 aromatic carbocycles. The highest BCUT2D eigenvalue weighted by molar-refractivity contribution is 5.82. The van der Waals surface area contributed by atoms with Crippen molar-refractivity contribution in [1.82, 2.24) is 0 Å². The van der Waals surface area contributed by atoms with Crippen LogP contribution in [0.5, 0.6) is 5.75 Å². The van der Waals surface area contributed by atoms with E-state index in [1.807, 2.05) is 31.2 Å². The lowest BCUT2D eigenvalue weighted by atomic mass is 10.1. The molecule has 0 saturated carbocycles. The van der Waals surface area contributed by atoms with Gasteiger partial charge in [-0.3, -0.25) is 4.79 Å². The smallest absolute Gasteiger partial charge is 0.172 e. The van der Waals surface area contributed by atoms with Crippen molar-refractivity contribution in [2.24, 2.45) is 0 Å². The molecule has 1 unspecified atom stereocenters. The Morgan fingerprint density at radius 2 is 2.00 bits per heavy atom. The number of ketones is 1. The van der Waals surface area contributed by atoms with Gasteiger partial charge in [0.05, 0.1) is 0 Å². The van der Waals surface area contributed by atoms with Gasteiger partial charge < -0.3 is 9.84 Å². The molecule has 0 heterocycles. The molecule has 1 rings (SSSR count). The third-order valence-corrected chi connectivity index (χ3v) is 2.44. The summed E-state index contributed by atoms with van der Waals surface area (Å²) < 4.78 is 5.49. The summed E-state index contributed by atoms with van der Waals surface area (Å²) in [6.07, 6.45) is 0.738. The molecular formula is C13H18O3. The fourth-order valence-electron chi connectivity index (χ4n) is 1.42. The summed E-state index contributed by atoms with van der Waals surface area (Å²) in [4.78, 5) is 11.3. The quantitative estimate of drug-likeness (QED) is 0.800. The highest BCUT2D eigenvalue weighted by Gasteiger charge is 2.11. The number of carbonyl (C=O) groups is 1. The van der Waals surface area contributed by atoms with E-state index in [1.54, 1.807) is 6.92 Å². The van der Waals surface area contributed by atoms with E-state index in [0.29, 0.717) is 18.6 Å². The molecule has 0 fully saturated rings. The fourth-order valence-corrected chi connectivity index (χ4v) is 1.42. The molecule has 0 aliphatic rings. The molecule has 0 amide bonds. The summed E-state index contributed by atoms with van der Waals surface area (Å²) in [6.45, 7) is 3.73. The Morgan fingerprint density at radius 1 is 1.38 bits per heavy atom. The van der Waals surface area contributed by atoms with E-state index in [1.165, 1.54) is 0 Å². The monoisotopic (exact) mass is 222 g/mol.